The highest BCUT2D eigenvalue weighted by atomic mass is 32.2. The van der Waals surface area contributed by atoms with Gasteiger partial charge in [0.2, 0.25) is 0 Å². The number of dihydropyridines is 1. The second-order valence-electron chi connectivity index (χ2n) is 9.49. The zero-order valence-electron chi connectivity index (χ0n) is 23.7. The van der Waals surface area contributed by atoms with Crippen molar-refractivity contribution in [3.05, 3.63) is 106 Å². The van der Waals surface area contributed by atoms with Crippen molar-refractivity contribution in [3.63, 3.8) is 0 Å². The van der Waals surface area contributed by atoms with E-state index in [0.29, 0.717) is 17.0 Å². The Kier molecular flexibility index (Phi) is 10.1. The Morgan fingerprint density at radius 2 is 1.67 bits per heavy atom. The van der Waals surface area contributed by atoms with Gasteiger partial charge in [0.25, 0.3) is 0 Å². The highest BCUT2D eigenvalue weighted by molar-refractivity contribution is 8.00. The van der Waals surface area contributed by atoms with Gasteiger partial charge in [-0.25, -0.2) is 14.6 Å². The van der Waals surface area contributed by atoms with Crippen molar-refractivity contribution in [2.75, 3.05) is 24.7 Å². The van der Waals surface area contributed by atoms with E-state index in [1.807, 2.05) is 4.57 Å². The Morgan fingerprint density at radius 3 is 2.28 bits per heavy atom. The molecule has 0 saturated carbocycles. The molecule has 1 aromatic heterocycles. The number of halogens is 3. The molecule has 1 unspecified atom stereocenters. The molecule has 1 atom stereocenters. The number of Topliss-reactive ketones (excluding diaryl/α,β-unsaturated/α-hetero) is 1. The number of carbonyl (C=O) groups is 3. The normalized spacial score (nSPS) is 15.3. The van der Waals surface area contributed by atoms with Crippen LogP contribution in [0.4, 0.5) is 13.2 Å². The summed E-state index contributed by atoms with van der Waals surface area (Å²) in [6.07, 6.45) is 0.443. The van der Waals surface area contributed by atoms with Gasteiger partial charge < -0.3 is 19.4 Å². The molecule has 8 nitrogen and oxygen atoms in total. The number of ketones is 1. The molecule has 0 saturated heterocycles. The monoisotopic (exact) mass is 613 g/mol. The number of ether oxygens (including phenoxy) is 2. The Bertz CT molecular complexity index is 1550. The number of hydrogen-bond acceptors (Lipinski definition) is 8. The Morgan fingerprint density at radius 1 is 1.00 bits per heavy atom. The number of esters is 2. The van der Waals surface area contributed by atoms with Gasteiger partial charge >= 0.3 is 18.1 Å². The van der Waals surface area contributed by atoms with Crippen molar-refractivity contribution in [2.24, 2.45) is 0 Å². The van der Waals surface area contributed by atoms with Crippen molar-refractivity contribution in [1.82, 2.24) is 14.9 Å². The van der Waals surface area contributed by atoms with Gasteiger partial charge in [-0.3, -0.25) is 4.79 Å². The molecule has 0 aliphatic carbocycles. The van der Waals surface area contributed by atoms with Gasteiger partial charge in [0.15, 0.2) is 5.78 Å². The molecule has 0 fully saturated rings. The van der Waals surface area contributed by atoms with Crippen LogP contribution in [0.2, 0.25) is 0 Å². The second kappa shape index (κ2) is 13.8. The van der Waals surface area contributed by atoms with Crippen LogP contribution in [0.3, 0.4) is 0 Å². The summed E-state index contributed by atoms with van der Waals surface area (Å²) in [7, 11) is 0. The van der Waals surface area contributed by atoms with E-state index in [4.69, 9.17) is 9.47 Å². The molecule has 1 aliphatic heterocycles. The van der Waals surface area contributed by atoms with Gasteiger partial charge in [-0.05, 0) is 56.7 Å². The lowest BCUT2D eigenvalue weighted by Gasteiger charge is -2.31. The predicted molar refractivity (Wildman–Crippen MR) is 156 cm³/mol. The van der Waals surface area contributed by atoms with E-state index in [1.54, 1.807) is 63.8 Å². The van der Waals surface area contributed by atoms with E-state index in [9.17, 15) is 27.6 Å². The molecule has 1 aliphatic rings. The first kappa shape index (κ1) is 31.6. The summed E-state index contributed by atoms with van der Waals surface area (Å²) in [6.45, 7) is 4.83. The SMILES string of the molecule is CCOC(=O)C1=C(C)NC(CSCC(=O)c2ccc(-n3ccnc3)cc2)=C(C(=O)OCC)C1c1cccc(C(F)(F)F)c1. The number of nitrogens with zero attached hydrogens (tertiary/aromatic N) is 2. The number of nitrogens with one attached hydrogen (secondary N) is 1. The van der Waals surface area contributed by atoms with Crippen LogP contribution in [-0.4, -0.2) is 52.0 Å². The van der Waals surface area contributed by atoms with Crippen LogP contribution in [0.25, 0.3) is 5.69 Å². The Balaban J connectivity index is 1.65. The van der Waals surface area contributed by atoms with Crippen LogP contribution in [0.5, 0.6) is 0 Å². The number of rotatable bonds is 11. The van der Waals surface area contributed by atoms with Crippen LogP contribution >= 0.6 is 11.8 Å². The first-order chi connectivity index (χ1) is 20.5. The van der Waals surface area contributed by atoms with Gasteiger partial charge in [0.1, 0.15) is 0 Å². The summed E-state index contributed by atoms with van der Waals surface area (Å²) in [6, 6.07) is 11.5. The molecule has 12 heteroatoms. The third kappa shape index (κ3) is 7.37. The van der Waals surface area contributed by atoms with Crippen molar-refractivity contribution < 1.29 is 37.0 Å². The van der Waals surface area contributed by atoms with E-state index in [0.717, 1.165) is 17.8 Å². The molecular weight excluding hydrogens is 583 g/mol. The maximum atomic E-state index is 13.7. The number of alkyl halides is 3. The molecule has 226 valence electrons. The van der Waals surface area contributed by atoms with Crippen LogP contribution < -0.4 is 5.32 Å². The molecule has 0 amide bonds. The van der Waals surface area contributed by atoms with E-state index < -0.39 is 29.6 Å². The van der Waals surface area contributed by atoms with Crippen LogP contribution in [-0.2, 0) is 25.2 Å². The zero-order valence-corrected chi connectivity index (χ0v) is 24.6. The summed E-state index contributed by atoms with van der Waals surface area (Å²) in [5, 5.41) is 3.07. The smallest absolute Gasteiger partial charge is 0.416 e. The molecule has 4 rings (SSSR count). The third-order valence-corrected chi connectivity index (χ3v) is 7.61. The number of aromatic nitrogens is 2. The fourth-order valence-corrected chi connectivity index (χ4v) is 5.61. The number of carbonyl (C=O) groups excluding carboxylic acids is 3. The minimum atomic E-state index is -4.64. The van der Waals surface area contributed by atoms with Gasteiger partial charge in [0, 0.05) is 40.8 Å². The molecule has 1 N–H and O–H groups in total. The summed E-state index contributed by atoms with van der Waals surface area (Å²) in [5.74, 6) is -2.71. The lowest BCUT2D eigenvalue weighted by atomic mass is 9.80. The highest BCUT2D eigenvalue weighted by Gasteiger charge is 2.40. The highest BCUT2D eigenvalue weighted by Crippen LogP contribution is 2.41. The first-order valence-corrected chi connectivity index (χ1v) is 14.6. The molecule has 3 aromatic rings. The summed E-state index contributed by atoms with van der Waals surface area (Å²) in [4.78, 5) is 43.4. The van der Waals surface area contributed by atoms with Crippen molar-refractivity contribution in [3.8, 4) is 5.69 Å². The number of benzene rings is 2. The average molecular weight is 614 g/mol. The molecular formula is C31H30F3N3O5S. The Labute approximate surface area is 251 Å². The maximum absolute atomic E-state index is 13.7. The Hall–Kier alpha value is -4.32. The molecule has 2 aromatic carbocycles. The van der Waals surface area contributed by atoms with Gasteiger partial charge in [0.05, 0.1) is 47.9 Å². The largest absolute Gasteiger partial charge is 0.463 e. The lowest BCUT2D eigenvalue weighted by molar-refractivity contribution is -0.139. The van der Waals surface area contributed by atoms with Crippen LogP contribution in [0, 0.1) is 0 Å². The zero-order chi connectivity index (χ0) is 31.1. The van der Waals surface area contributed by atoms with Gasteiger partial charge in [-0.1, -0.05) is 18.2 Å². The number of thioether (sulfide) groups is 1. The molecule has 43 heavy (non-hydrogen) atoms. The topological polar surface area (TPSA) is 99.5 Å². The number of hydrogen-bond donors (Lipinski definition) is 1. The molecule has 2 heterocycles. The quantitative estimate of drug-likeness (QED) is 0.213. The summed E-state index contributed by atoms with van der Waals surface area (Å²) in [5.41, 5.74) is 1.15. The predicted octanol–water partition coefficient (Wildman–Crippen LogP) is 5.85. The molecule has 0 bridgehead atoms. The minimum absolute atomic E-state index is 0.00303. The van der Waals surface area contributed by atoms with E-state index in [-0.39, 0.29) is 47.2 Å². The van der Waals surface area contributed by atoms with E-state index >= 15 is 0 Å². The van der Waals surface area contributed by atoms with Crippen LogP contribution in [0.15, 0.2) is 89.8 Å². The number of imidazole rings is 1. The second-order valence-corrected chi connectivity index (χ2v) is 10.5. The third-order valence-electron chi connectivity index (χ3n) is 6.65. The molecule has 0 radical (unpaired) electrons. The van der Waals surface area contributed by atoms with Crippen molar-refractivity contribution in [1.29, 1.82) is 0 Å². The fraction of sp³-hybridized carbons (Fsp3) is 0.290. The maximum Gasteiger partial charge on any atom is 0.416 e. The standard InChI is InChI=1S/C31H30F3N3O5S/c1-4-41-29(39)26-19(3)36-24(16-43-17-25(38)20-9-11-23(12-10-20)37-14-13-35-18-37)28(30(40)42-5-2)27(26)21-7-6-8-22(15-21)31(32,33)34/h6-15,18,27,36H,4-5,16-17H2,1-3H3. The average Bonchev–Trinajstić information content (AvgIpc) is 3.52. The van der Waals surface area contributed by atoms with E-state index in [1.165, 1.54) is 23.9 Å². The van der Waals surface area contributed by atoms with Crippen molar-refractivity contribution >= 4 is 29.5 Å². The van der Waals surface area contributed by atoms with Gasteiger partial charge in [-0.15, -0.1) is 11.8 Å². The van der Waals surface area contributed by atoms with Crippen molar-refractivity contribution in [2.45, 2.75) is 32.9 Å². The van der Waals surface area contributed by atoms with E-state index in [2.05, 4.69) is 10.3 Å². The molecule has 0 spiro atoms. The lowest BCUT2D eigenvalue weighted by Crippen LogP contribution is -2.34. The first-order valence-electron chi connectivity index (χ1n) is 13.5. The summed E-state index contributed by atoms with van der Waals surface area (Å²) >= 11 is 1.22. The van der Waals surface area contributed by atoms with Crippen LogP contribution in [0.1, 0.15) is 48.2 Å². The minimum Gasteiger partial charge on any atom is -0.463 e. The summed E-state index contributed by atoms with van der Waals surface area (Å²) < 4.78 is 53.3. The number of allylic oxidation sites excluding steroid dienone is 1. The van der Waals surface area contributed by atoms with Gasteiger partial charge in [-0.2, -0.15) is 13.2 Å². The fourth-order valence-electron chi connectivity index (χ4n) is 4.73.